The molecule has 2 rings (SSSR count). The molecule has 0 saturated heterocycles. The van der Waals surface area contributed by atoms with Crippen molar-refractivity contribution in [3.05, 3.63) is 42.2 Å². The van der Waals surface area contributed by atoms with E-state index >= 15 is 0 Å². The predicted molar refractivity (Wildman–Crippen MR) is 93.5 cm³/mol. The molecule has 0 aliphatic heterocycles. The van der Waals surface area contributed by atoms with Crippen molar-refractivity contribution in [3.8, 4) is 5.75 Å². The van der Waals surface area contributed by atoms with E-state index in [9.17, 15) is 4.21 Å². The van der Waals surface area contributed by atoms with E-state index in [0.29, 0.717) is 18.1 Å². The Morgan fingerprint density at radius 1 is 1.45 bits per heavy atom. The van der Waals surface area contributed by atoms with Crippen LogP contribution in [0.1, 0.15) is 0 Å². The molecule has 22 heavy (non-hydrogen) atoms. The summed E-state index contributed by atoms with van der Waals surface area (Å²) in [4.78, 5) is 7.66. The van der Waals surface area contributed by atoms with Crippen molar-refractivity contribution >= 4 is 34.8 Å². The number of hydrogen-bond donors (Lipinski definition) is 0. The molecule has 1 unspecified atom stereocenters. The molecule has 6 heteroatoms. The molecule has 0 saturated carbocycles. The minimum absolute atomic E-state index is 0.360. The Morgan fingerprint density at radius 3 is 3.00 bits per heavy atom. The maximum absolute atomic E-state index is 11.3. The topological polar surface area (TPSA) is 56.0 Å². The molecule has 2 aromatic rings. The maximum atomic E-state index is 11.3. The minimum Gasteiger partial charge on any atom is -0.489 e. The summed E-state index contributed by atoms with van der Waals surface area (Å²) in [7, 11) is 1.04. The summed E-state index contributed by atoms with van der Waals surface area (Å²) in [5, 5.41) is 1.13. The molecule has 0 radical (unpaired) electrons. The van der Waals surface area contributed by atoms with Crippen LogP contribution in [0.15, 0.2) is 52.2 Å². The van der Waals surface area contributed by atoms with Crippen LogP contribution in [0.25, 0.3) is 10.9 Å². The van der Waals surface area contributed by atoms with Gasteiger partial charge in [-0.1, -0.05) is 0 Å². The third-order valence-corrected chi connectivity index (χ3v) is 3.78. The van der Waals surface area contributed by atoms with Crippen LogP contribution in [0.2, 0.25) is 0 Å². The summed E-state index contributed by atoms with van der Waals surface area (Å²) < 4.78 is 19.1. The first kappa shape index (κ1) is 16.2. The number of benzene rings is 1. The lowest BCUT2D eigenvalue weighted by molar-refractivity contribution is 0.362. The molecule has 116 valence electrons. The van der Waals surface area contributed by atoms with Gasteiger partial charge in [-0.2, -0.15) is 0 Å². The number of hydrogen-bond acceptors (Lipinski definition) is 3. The number of aryl methyl sites for hydroxylation is 1. The lowest BCUT2D eigenvalue weighted by Crippen LogP contribution is -2.01. The number of aliphatic imine (C=N–C) groups is 2. The van der Waals surface area contributed by atoms with E-state index in [2.05, 4.69) is 21.3 Å². The monoisotopic (exact) mass is 317 g/mol. The van der Waals surface area contributed by atoms with E-state index in [4.69, 9.17) is 4.74 Å². The number of ether oxygens (including phenoxy) is 1. The van der Waals surface area contributed by atoms with Gasteiger partial charge in [0.2, 0.25) is 0 Å². The van der Waals surface area contributed by atoms with Crippen molar-refractivity contribution < 1.29 is 8.95 Å². The van der Waals surface area contributed by atoms with Crippen molar-refractivity contribution in [2.45, 2.75) is 0 Å². The van der Waals surface area contributed by atoms with E-state index in [1.54, 1.807) is 12.3 Å². The average molecular weight is 317 g/mol. The van der Waals surface area contributed by atoms with Gasteiger partial charge >= 0.3 is 0 Å². The predicted octanol–water partition coefficient (Wildman–Crippen LogP) is 2.55. The van der Waals surface area contributed by atoms with Crippen LogP contribution >= 0.6 is 0 Å². The molecule has 0 aliphatic rings. The number of rotatable bonds is 7. The van der Waals surface area contributed by atoms with Gasteiger partial charge in [0.1, 0.15) is 18.7 Å². The largest absolute Gasteiger partial charge is 0.489 e. The first-order valence-electron chi connectivity index (χ1n) is 6.75. The zero-order chi connectivity index (χ0) is 15.9. The fraction of sp³-hybridized carbons (Fsp3) is 0.250. The summed E-state index contributed by atoms with van der Waals surface area (Å²) in [6, 6.07) is 8.00. The average Bonchev–Trinajstić information content (AvgIpc) is 2.85. The fourth-order valence-corrected chi connectivity index (χ4v) is 2.66. The van der Waals surface area contributed by atoms with Crippen molar-refractivity contribution in [1.29, 1.82) is 0 Å². The Bertz CT molecular complexity index is 747. The summed E-state index contributed by atoms with van der Waals surface area (Å²) in [6.07, 6.45) is 6.79. The van der Waals surface area contributed by atoms with E-state index in [-0.39, 0.29) is 0 Å². The van der Waals surface area contributed by atoms with E-state index < -0.39 is 10.8 Å². The molecular weight excluding hydrogens is 298 g/mol. The highest BCUT2D eigenvalue weighted by atomic mass is 32.2. The molecular formula is C16H19N3O2S. The standard InChI is InChI=1S/C16H19N3O2S/c1-17-12-18-14(11-22(3)20)7-9-21-15-4-5-16-13(10-15)6-8-19(16)2/h4-8,10,12H,1,9,11H2,2-3H3/b14-7-,18-12?. The fourth-order valence-electron chi connectivity index (χ4n) is 2.06. The molecule has 5 nitrogen and oxygen atoms in total. The molecule has 1 aromatic carbocycles. The first-order chi connectivity index (χ1) is 10.6. The second-order valence-electron chi connectivity index (χ2n) is 4.80. The van der Waals surface area contributed by atoms with Gasteiger partial charge in [-0.3, -0.25) is 9.20 Å². The molecule has 1 heterocycles. The van der Waals surface area contributed by atoms with Gasteiger partial charge in [0.25, 0.3) is 0 Å². The smallest absolute Gasteiger partial charge is 0.120 e. The lowest BCUT2D eigenvalue weighted by atomic mass is 10.2. The molecule has 1 atom stereocenters. The Labute approximate surface area is 132 Å². The zero-order valence-electron chi connectivity index (χ0n) is 12.7. The highest BCUT2D eigenvalue weighted by molar-refractivity contribution is 7.84. The molecule has 0 spiro atoms. The summed E-state index contributed by atoms with van der Waals surface area (Å²) in [5.41, 5.74) is 1.83. The van der Waals surface area contributed by atoms with Crippen molar-refractivity contribution in [3.63, 3.8) is 0 Å². The molecule has 0 amide bonds. The highest BCUT2D eigenvalue weighted by Gasteiger charge is 2.01. The maximum Gasteiger partial charge on any atom is 0.120 e. The van der Waals surface area contributed by atoms with Crippen molar-refractivity contribution in [2.24, 2.45) is 17.0 Å². The molecule has 0 N–H and O–H groups in total. The normalized spacial score (nSPS) is 13.6. The van der Waals surface area contributed by atoms with E-state index in [1.807, 2.05) is 37.5 Å². The second kappa shape index (κ2) is 7.70. The number of nitrogens with zero attached hydrogens (tertiary/aromatic N) is 3. The van der Waals surface area contributed by atoms with Crippen LogP contribution < -0.4 is 4.74 Å². The third-order valence-electron chi connectivity index (χ3n) is 3.08. The van der Waals surface area contributed by atoms with Crippen molar-refractivity contribution in [2.75, 3.05) is 18.6 Å². The third kappa shape index (κ3) is 4.39. The zero-order valence-corrected chi connectivity index (χ0v) is 13.5. The van der Waals surface area contributed by atoms with Gasteiger partial charge in [-0.05, 0) is 37.1 Å². The van der Waals surface area contributed by atoms with Gasteiger partial charge in [0, 0.05) is 41.2 Å². The van der Waals surface area contributed by atoms with Crippen LogP contribution in [0.4, 0.5) is 0 Å². The van der Waals surface area contributed by atoms with E-state index in [0.717, 1.165) is 16.7 Å². The van der Waals surface area contributed by atoms with Crippen molar-refractivity contribution in [1.82, 2.24) is 4.57 Å². The number of aromatic nitrogens is 1. The van der Waals surface area contributed by atoms with Gasteiger partial charge < -0.3 is 9.30 Å². The van der Waals surface area contributed by atoms with Crippen LogP contribution in [0, 0.1) is 0 Å². The van der Waals surface area contributed by atoms with Crippen LogP contribution in [0.3, 0.4) is 0 Å². The molecule has 0 bridgehead atoms. The summed E-state index contributed by atoms with van der Waals surface area (Å²) in [5.74, 6) is 1.16. The highest BCUT2D eigenvalue weighted by Crippen LogP contribution is 2.21. The summed E-state index contributed by atoms with van der Waals surface area (Å²) >= 11 is 0. The van der Waals surface area contributed by atoms with Gasteiger partial charge in [0.05, 0.1) is 11.4 Å². The Morgan fingerprint density at radius 2 is 2.27 bits per heavy atom. The SMILES string of the molecule is C=NC=N/C(=C\COc1ccc2c(ccn2C)c1)CS(C)=O. The quantitative estimate of drug-likeness (QED) is 0.582. The van der Waals surface area contributed by atoms with Crippen LogP contribution in [-0.2, 0) is 17.8 Å². The molecule has 0 aliphatic carbocycles. The van der Waals surface area contributed by atoms with Crippen LogP contribution in [-0.4, -0.2) is 40.4 Å². The van der Waals surface area contributed by atoms with Gasteiger partial charge in [0.15, 0.2) is 0 Å². The Hall–Kier alpha value is -2.21. The van der Waals surface area contributed by atoms with Gasteiger partial charge in [-0.15, -0.1) is 0 Å². The first-order valence-corrected chi connectivity index (χ1v) is 8.48. The molecule has 0 fully saturated rings. The summed E-state index contributed by atoms with van der Waals surface area (Å²) in [6.45, 7) is 3.70. The van der Waals surface area contributed by atoms with Gasteiger partial charge in [-0.25, -0.2) is 4.99 Å². The molecule has 1 aromatic heterocycles. The second-order valence-corrected chi connectivity index (χ2v) is 6.23. The Kier molecular flexibility index (Phi) is 5.66. The van der Waals surface area contributed by atoms with E-state index in [1.165, 1.54) is 6.34 Å². The van der Waals surface area contributed by atoms with Crippen LogP contribution in [0.5, 0.6) is 5.75 Å². The number of fused-ring (bicyclic) bond motifs is 1. The minimum atomic E-state index is -0.965. The Balaban J connectivity index is 2.05. The lowest BCUT2D eigenvalue weighted by Gasteiger charge is -2.05.